The molecule has 2 amide bonds. The van der Waals surface area contributed by atoms with Gasteiger partial charge >= 0.3 is 6.18 Å². The van der Waals surface area contributed by atoms with Crippen LogP contribution >= 0.6 is 0 Å². The summed E-state index contributed by atoms with van der Waals surface area (Å²) in [7, 11) is 0. The van der Waals surface area contributed by atoms with E-state index in [4.69, 9.17) is 4.74 Å². The van der Waals surface area contributed by atoms with Crippen molar-refractivity contribution in [3.8, 4) is 17.0 Å². The zero-order valence-electron chi connectivity index (χ0n) is 22.1. The third-order valence-corrected chi connectivity index (χ3v) is 7.42. The number of nitrogens with zero attached hydrogens (tertiary/aromatic N) is 2. The number of carbonyl (C=O) groups excluding carboxylic acids is 2. The molecule has 3 heterocycles. The molecule has 0 unspecified atom stereocenters. The van der Waals surface area contributed by atoms with E-state index in [1.165, 1.54) is 13.8 Å². The fraction of sp³-hybridized carbons (Fsp3) is 0.536. The lowest BCUT2D eigenvalue weighted by Gasteiger charge is -2.38. The Morgan fingerprint density at radius 1 is 1.13 bits per heavy atom. The summed E-state index contributed by atoms with van der Waals surface area (Å²) < 4.78 is 45.4. The Kier molecular flexibility index (Phi) is 8.93. The van der Waals surface area contributed by atoms with Crippen LogP contribution in [-0.4, -0.2) is 77.9 Å². The molecule has 0 saturated carbocycles. The summed E-state index contributed by atoms with van der Waals surface area (Å²) in [6.07, 6.45) is -1.36. The SMILES string of the molecule is CC(C)(CN1CCC(COc2ccc(-c3ccc(C(=O)NC(=O)[C@@H]4C[C@@H](O)CN4)cc3)nc2)CC1)C(F)(F)F. The Bertz CT molecular complexity index is 1130. The van der Waals surface area contributed by atoms with Crippen molar-refractivity contribution >= 4 is 11.8 Å². The van der Waals surface area contributed by atoms with Crippen molar-refractivity contribution in [1.82, 2.24) is 20.5 Å². The van der Waals surface area contributed by atoms with Crippen molar-refractivity contribution in [2.24, 2.45) is 11.3 Å². The quantitative estimate of drug-likeness (QED) is 0.435. The van der Waals surface area contributed by atoms with Gasteiger partial charge in [-0.1, -0.05) is 12.1 Å². The molecule has 4 rings (SSSR count). The Morgan fingerprint density at radius 3 is 2.38 bits per heavy atom. The van der Waals surface area contributed by atoms with Crippen LogP contribution in [0.2, 0.25) is 0 Å². The van der Waals surface area contributed by atoms with Crippen LogP contribution in [0.15, 0.2) is 42.6 Å². The number of amides is 2. The molecule has 39 heavy (non-hydrogen) atoms. The number of β-amino-alcohol motifs (C(OH)–C–C–N with tert-alkyl or cyclic N) is 1. The van der Waals surface area contributed by atoms with Crippen LogP contribution in [-0.2, 0) is 4.79 Å². The number of pyridine rings is 1. The van der Waals surface area contributed by atoms with Gasteiger partial charge in [0.25, 0.3) is 5.91 Å². The molecule has 0 aliphatic carbocycles. The van der Waals surface area contributed by atoms with Gasteiger partial charge < -0.3 is 20.1 Å². The normalized spacial score (nSPS) is 21.1. The summed E-state index contributed by atoms with van der Waals surface area (Å²) in [5, 5.41) is 14.8. The van der Waals surface area contributed by atoms with Crippen LogP contribution in [0, 0.1) is 11.3 Å². The molecule has 1 aromatic heterocycles. The van der Waals surface area contributed by atoms with E-state index < -0.39 is 35.6 Å². The van der Waals surface area contributed by atoms with Gasteiger partial charge in [-0.15, -0.1) is 0 Å². The predicted octanol–water partition coefficient (Wildman–Crippen LogP) is 3.41. The maximum absolute atomic E-state index is 13.2. The van der Waals surface area contributed by atoms with Gasteiger partial charge in [0.1, 0.15) is 5.75 Å². The van der Waals surface area contributed by atoms with E-state index >= 15 is 0 Å². The molecule has 2 fully saturated rings. The molecule has 2 aromatic rings. The number of likely N-dealkylation sites (tertiary alicyclic amines) is 1. The number of aliphatic hydroxyl groups is 1. The number of aromatic nitrogens is 1. The summed E-state index contributed by atoms with van der Waals surface area (Å²) in [5.41, 5.74) is 0.0842. The number of alkyl halides is 3. The van der Waals surface area contributed by atoms with Gasteiger partial charge in [0.05, 0.1) is 36.1 Å². The summed E-state index contributed by atoms with van der Waals surface area (Å²) in [4.78, 5) is 30.9. The Hall–Kier alpha value is -3.02. The first-order chi connectivity index (χ1) is 18.4. The largest absolute Gasteiger partial charge is 0.492 e. The first-order valence-electron chi connectivity index (χ1n) is 13.2. The van der Waals surface area contributed by atoms with E-state index in [0.29, 0.717) is 43.2 Å². The average molecular weight is 549 g/mol. The van der Waals surface area contributed by atoms with Crippen molar-refractivity contribution in [3.63, 3.8) is 0 Å². The van der Waals surface area contributed by atoms with E-state index in [9.17, 15) is 27.9 Å². The number of imide groups is 1. The maximum atomic E-state index is 13.2. The third-order valence-electron chi connectivity index (χ3n) is 7.42. The molecule has 8 nitrogen and oxygen atoms in total. The van der Waals surface area contributed by atoms with Crippen LogP contribution in [0.1, 0.15) is 43.5 Å². The number of rotatable bonds is 8. The van der Waals surface area contributed by atoms with Crippen molar-refractivity contribution in [1.29, 1.82) is 0 Å². The molecule has 2 aliphatic heterocycles. The zero-order valence-corrected chi connectivity index (χ0v) is 22.1. The smallest absolute Gasteiger partial charge is 0.395 e. The molecule has 0 spiro atoms. The van der Waals surface area contributed by atoms with Crippen molar-refractivity contribution in [3.05, 3.63) is 48.2 Å². The zero-order chi connectivity index (χ0) is 28.2. The number of piperidine rings is 1. The Labute approximate surface area is 225 Å². The van der Waals surface area contributed by atoms with Crippen LogP contribution < -0.4 is 15.4 Å². The number of halogens is 3. The highest BCUT2D eigenvalue weighted by atomic mass is 19.4. The van der Waals surface area contributed by atoms with Crippen molar-refractivity contribution in [2.45, 2.75) is 51.4 Å². The van der Waals surface area contributed by atoms with Crippen molar-refractivity contribution < 1.29 is 32.6 Å². The van der Waals surface area contributed by atoms with Gasteiger partial charge in [-0.05, 0) is 76.4 Å². The molecule has 0 radical (unpaired) electrons. The molecule has 2 atom stereocenters. The Balaban J connectivity index is 1.22. The molecular weight excluding hydrogens is 513 g/mol. The van der Waals surface area contributed by atoms with Crippen LogP contribution in [0.3, 0.4) is 0 Å². The molecular formula is C28H35F3N4O4. The second kappa shape index (κ2) is 12.0. The number of aliphatic hydroxyl groups excluding tert-OH is 1. The standard InChI is InChI=1S/C28H35F3N4O4/c1-27(2,28(29,30)31)17-35-11-9-18(10-12-35)16-39-22-7-8-23(33-15-22)19-3-5-20(6-4-19)25(37)34-26(38)24-13-21(36)14-32-24/h3-8,15,18,21,24,32,36H,9-14,16-17H2,1-2H3,(H,34,37,38)/t21-,24+/m1/s1. The van der Waals surface area contributed by atoms with Crippen LogP contribution in [0.5, 0.6) is 5.75 Å². The minimum atomic E-state index is -4.22. The maximum Gasteiger partial charge on any atom is 0.395 e. The predicted molar refractivity (Wildman–Crippen MR) is 139 cm³/mol. The highest BCUT2D eigenvalue weighted by Gasteiger charge is 2.48. The van der Waals surface area contributed by atoms with Crippen molar-refractivity contribution in [2.75, 3.05) is 32.8 Å². The van der Waals surface area contributed by atoms with Crippen LogP contribution in [0.25, 0.3) is 11.3 Å². The highest BCUT2D eigenvalue weighted by Crippen LogP contribution is 2.38. The monoisotopic (exact) mass is 548 g/mol. The molecule has 212 valence electrons. The first-order valence-corrected chi connectivity index (χ1v) is 13.2. The second-order valence-corrected chi connectivity index (χ2v) is 11.0. The summed E-state index contributed by atoms with van der Waals surface area (Å²) in [6, 6.07) is 9.75. The number of nitrogens with one attached hydrogen (secondary N) is 2. The van der Waals surface area contributed by atoms with Gasteiger partial charge in [-0.3, -0.25) is 19.9 Å². The highest BCUT2D eigenvalue weighted by molar-refractivity contribution is 6.06. The summed E-state index contributed by atoms with van der Waals surface area (Å²) >= 11 is 0. The number of ether oxygens (including phenoxy) is 1. The molecule has 2 saturated heterocycles. The lowest BCUT2D eigenvalue weighted by atomic mass is 9.89. The van der Waals surface area contributed by atoms with E-state index in [2.05, 4.69) is 15.6 Å². The fourth-order valence-electron chi connectivity index (χ4n) is 4.79. The van der Waals surface area contributed by atoms with E-state index in [1.807, 2.05) is 17.0 Å². The lowest BCUT2D eigenvalue weighted by molar-refractivity contribution is -0.217. The Morgan fingerprint density at radius 2 is 1.82 bits per heavy atom. The van der Waals surface area contributed by atoms with Gasteiger partial charge in [0.15, 0.2) is 0 Å². The second-order valence-electron chi connectivity index (χ2n) is 11.0. The van der Waals surface area contributed by atoms with Gasteiger partial charge in [-0.25, -0.2) is 0 Å². The first kappa shape index (κ1) is 29.0. The molecule has 3 N–H and O–H groups in total. The molecule has 2 aliphatic rings. The molecule has 11 heteroatoms. The molecule has 0 bridgehead atoms. The summed E-state index contributed by atoms with van der Waals surface area (Å²) in [5.74, 6) is -0.0928. The van der Waals surface area contributed by atoms with Gasteiger partial charge in [-0.2, -0.15) is 13.2 Å². The number of hydrogen-bond donors (Lipinski definition) is 3. The van der Waals surface area contributed by atoms with Crippen LogP contribution in [0.4, 0.5) is 13.2 Å². The fourth-order valence-corrected chi connectivity index (χ4v) is 4.79. The van der Waals surface area contributed by atoms with E-state index in [0.717, 1.165) is 18.4 Å². The average Bonchev–Trinajstić information content (AvgIpc) is 3.34. The number of carbonyl (C=O) groups is 2. The minimum Gasteiger partial charge on any atom is -0.492 e. The molecule has 1 aromatic carbocycles. The van der Waals surface area contributed by atoms with E-state index in [1.54, 1.807) is 30.5 Å². The van der Waals surface area contributed by atoms with E-state index in [-0.39, 0.29) is 18.9 Å². The van der Waals surface area contributed by atoms with Gasteiger partial charge in [0.2, 0.25) is 5.91 Å². The third kappa shape index (κ3) is 7.55. The number of hydrogen-bond acceptors (Lipinski definition) is 7. The number of benzene rings is 1. The summed E-state index contributed by atoms with van der Waals surface area (Å²) in [6.45, 7) is 4.54. The lowest BCUT2D eigenvalue weighted by Crippen LogP contribution is -2.46. The van der Waals surface area contributed by atoms with Gasteiger partial charge in [0, 0.05) is 24.2 Å². The topological polar surface area (TPSA) is 104 Å². The minimum absolute atomic E-state index is 0.00217.